The molecule has 0 aromatic heterocycles. The van der Waals surface area contributed by atoms with Crippen LogP contribution in [0.5, 0.6) is 0 Å². The van der Waals surface area contributed by atoms with Crippen molar-refractivity contribution in [2.45, 2.75) is 83.0 Å². The topological polar surface area (TPSA) is 110 Å². The summed E-state index contributed by atoms with van der Waals surface area (Å²) in [5, 5.41) is 41.8. The Morgan fingerprint density at radius 2 is 1.96 bits per heavy atom. The molecular formula is C22H39NO5. The van der Waals surface area contributed by atoms with Gasteiger partial charge in [-0.05, 0) is 31.6 Å². The van der Waals surface area contributed by atoms with Crippen LogP contribution in [0.4, 0.5) is 0 Å². The number of aliphatic hydroxyl groups excluding tert-OH is 4. The Labute approximate surface area is 169 Å². The van der Waals surface area contributed by atoms with E-state index in [1.54, 1.807) is 6.08 Å². The van der Waals surface area contributed by atoms with Crippen LogP contribution in [0.15, 0.2) is 24.3 Å². The molecule has 28 heavy (non-hydrogen) atoms. The number of allylic oxidation sites excluding steroid dienone is 2. The van der Waals surface area contributed by atoms with Gasteiger partial charge in [-0.15, -0.1) is 0 Å². The lowest BCUT2D eigenvalue weighted by Crippen LogP contribution is -2.25. The second kappa shape index (κ2) is 14.7. The highest BCUT2D eigenvalue weighted by atomic mass is 16.3. The van der Waals surface area contributed by atoms with Crippen molar-refractivity contribution in [3.8, 4) is 0 Å². The Morgan fingerprint density at radius 3 is 2.68 bits per heavy atom. The quantitative estimate of drug-likeness (QED) is 0.228. The molecule has 5 atom stereocenters. The zero-order valence-corrected chi connectivity index (χ0v) is 17.2. The molecule has 6 heteroatoms. The molecule has 1 aliphatic rings. The van der Waals surface area contributed by atoms with Gasteiger partial charge in [-0.1, -0.05) is 50.5 Å². The third-order valence-electron chi connectivity index (χ3n) is 5.36. The van der Waals surface area contributed by atoms with E-state index >= 15 is 0 Å². The van der Waals surface area contributed by atoms with Gasteiger partial charge in [0.15, 0.2) is 0 Å². The summed E-state index contributed by atoms with van der Waals surface area (Å²) in [6.45, 7) is 2.37. The molecule has 0 heterocycles. The minimum Gasteiger partial charge on any atom is -0.395 e. The van der Waals surface area contributed by atoms with Crippen molar-refractivity contribution < 1.29 is 25.2 Å². The van der Waals surface area contributed by atoms with Crippen LogP contribution >= 0.6 is 0 Å². The molecule has 6 nitrogen and oxygen atoms in total. The van der Waals surface area contributed by atoms with Gasteiger partial charge in [0.05, 0.1) is 24.9 Å². The summed E-state index contributed by atoms with van der Waals surface area (Å²) >= 11 is 0. The van der Waals surface area contributed by atoms with E-state index in [4.69, 9.17) is 5.11 Å². The van der Waals surface area contributed by atoms with Gasteiger partial charge in [-0.25, -0.2) is 0 Å². The van der Waals surface area contributed by atoms with E-state index in [1.165, 1.54) is 0 Å². The molecule has 1 fully saturated rings. The molecule has 0 spiro atoms. The molecule has 1 amide bonds. The third kappa shape index (κ3) is 9.82. The predicted molar refractivity (Wildman–Crippen MR) is 111 cm³/mol. The third-order valence-corrected chi connectivity index (χ3v) is 5.36. The Kier molecular flexibility index (Phi) is 13.1. The van der Waals surface area contributed by atoms with E-state index in [9.17, 15) is 20.1 Å². The predicted octanol–water partition coefficient (Wildman–Crippen LogP) is 2.07. The van der Waals surface area contributed by atoms with Crippen LogP contribution in [0, 0.1) is 11.8 Å². The summed E-state index contributed by atoms with van der Waals surface area (Å²) in [5.41, 5.74) is 0. The van der Waals surface area contributed by atoms with Crippen LogP contribution < -0.4 is 5.32 Å². The van der Waals surface area contributed by atoms with Crippen molar-refractivity contribution in [3.63, 3.8) is 0 Å². The van der Waals surface area contributed by atoms with Crippen molar-refractivity contribution in [1.29, 1.82) is 0 Å². The minimum atomic E-state index is -0.581. The Hall–Kier alpha value is -1.21. The van der Waals surface area contributed by atoms with Crippen molar-refractivity contribution in [1.82, 2.24) is 5.32 Å². The maximum atomic E-state index is 11.4. The standard InChI is InChI=1S/C22H39NO5/c1-2-3-6-9-17(25)12-13-19-18(20(26)16-21(19)27)10-7-4-5-8-11-22(28)23-14-15-24/h4,7,12-13,17-21,24-27H,2-3,5-6,8-11,14-16H2,1H3,(H,23,28)/b7-4-,13-12+/t17-,18+,19+,20+,21-/m0/s1. The highest BCUT2D eigenvalue weighted by Crippen LogP contribution is 2.36. The highest BCUT2D eigenvalue weighted by Gasteiger charge is 2.39. The lowest BCUT2D eigenvalue weighted by atomic mass is 9.89. The zero-order chi connectivity index (χ0) is 20.8. The number of aliphatic hydroxyl groups is 4. The monoisotopic (exact) mass is 397 g/mol. The fraction of sp³-hybridized carbons (Fsp3) is 0.773. The average Bonchev–Trinajstić information content (AvgIpc) is 2.94. The first-order valence-electron chi connectivity index (χ1n) is 10.7. The molecule has 1 saturated carbocycles. The number of nitrogens with one attached hydrogen (secondary N) is 1. The fourth-order valence-electron chi connectivity index (χ4n) is 3.70. The lowest BCUT2D eigenvalue weighted by molar-refractivity contribution is -0.121. The summed E-state index contributed by atoms with van der Waals surface area (Å²) < 4.78 is 0. The summed E-state index contributed by atoms with van der Waals surface area (Å²) in [6.07, 6.45) is 12.9. The average molecular weight is 398 g/mol. The maximum Gasteiger partial charge on any atom is 0.220 e. The number of hydrogen-bond donors (Lipinski definition) is 5. The van der Waals surface area contributed by atoms with Gasteiger partial charge in [0.2, 0.25) is 5.91 Å². The van der Waals surface area contributed by atoms with Gasteiger partial charge in [-0.2, -0.15) is 0 Å². The van der Waals surface area contributed by atoms with Crippen molar-refractivity contribution in [2.24, 2.45) is 11.8 Å². The van der Waals surface area contributed by atoms with E-state index in [0.717, 1.165) is 38.5 Å². The zero-order valence-electron chi connectivity index (χ0n) is 17.2. The number of unbranched alkanes of at least 4 members (excludes halogenated alkanes) is 3. The van der Waals surface area contributed by atoms with Crippen LogP contribution in [0.2, 0.25) is 0 Å². The van der Waals surface area contributed by atoms with Gasteiger partial charge in [0.1, 0.15) is 0 Å². The molecule has 5 N–H and O–H groups in total. The highest BCUT2D eigenvalue weighted by molar-refractivity contribution is 5.75. The van der Waals surface area contributed by atoms with E-state index in [0.29, 0.717) is 25.8 Å². The molecule has 0 aliphatic heterocycles. The molecule has 0 aromatic carbocycles. The first-order chi connectivity index (χ1) is 13.5. The second-order valence-electron chi connectivity index (χ2n) is 7.73. The van der Waals surface area contributed by atoms with E-state index in [1.807, 2.05) is 18.2 Å². The largest absolute Gasteiger partial charge is 0.395 e. The van der Waals surface area contributed by atoms with Crippen LogP contribution in [0.3, 0.4) is 0 Å². The summed E-state index contributed by atoms with van der Waals surface area (Å²) in [4.78, 5) is 11.4. The van der Waals surface area contributed by atoms with E-state index in [2.05, 4.69) is 12.2 Å². The molecule has 0 saturated heterocycles. The van der Waals surface area contributed by atoms with E-state index in [-0.39, 0.29) is 24.3 Å². The number of hydrogen-bond acceptors (Lipinski definition) is 5. The Bertz CT molecular complexity index is 480. The molecule has 0 radical (unpaired) electrons. The summed E-state index contributed by atoms with van der Waals surface area (Å²) in [7, 11) is 0. The molecule has 0 unspecified atom stereocenters. The Morgan fingerprint density at radius 1 is 1.18 bits per heavy atom. The second-order valence-corrected chi connectivity index (χ2v) is 7.73. The van der Waals surface area contributed by atoms with Crippen molar-refractivity contribution >= 4 is 5.91 Å². The summed E-state index contributed by atoms with van der Waals surface area (Å²) in [6, 6.07) is 0. The van der Waals surface area contributed by atoms with Gasteiger partial charge < -0.3 is 25.7 Å². The van der Waals surface area contributed by atoms with Gasteiger partial charge >= 0.3 is 0 Å². The first-order valence-corrected chi connectivity index (χ1v) is 10.7. The minimum absolute atomic E-state index is 0.0490. The number of rotatable bonds is 14. The smallest absolute Gasteiger partial charge is 0.220 e. The van der Waals surface area contributed by atoms with E-state index < -0.39 is 18.3 Å². The van der Waals surface area contributed by atoms with Crippen molar-refractivity contribution in [2.75, 3.05) is 13.2 Å². The first kappa shape index (κ1) is 24.8. The Balaban J connectivity index is 2.39. The number of carbonyl (C=O) groups excluding carboxylic acids is 1. The molecule has 1 aliphatic carbocycles. The normalized spacial score (nSPS) is 26.3. The molecule has 0 aromatic rings. The summed E-state index contributed by atoms with van der Waals surface area (Å²) in [5.74, 6) is -0.262. The van der Waals surface area contributed by atoms with Gasteiger partial charge in [-0.3, -0.25) is 4.79 Å². The van der Waals surface area contributed by atoms with Crippen LogP contribution in [0.1, 0.15) is 64.7 Å². The SMILES string of the molecule is CCCCC[C@H](O)/C=C/[C@@H]1[C@@H](C/C=C\CCCC(=O)NCCO)[C@H](O)C[C@@H]1O. The molecule has 1 rings (SSSR count). The van der Waals surface area contributed by atoms with Crippen molar-refractivity contribution in [3.05, 3.63) is 24.3 Å². The fourth-order valence-corrected chi connectivity index (χ4v) is 3.70. The number of carbonyl (C=O) groups is 1. The maximum absolute atomic E-state index is 11.4. The van der Waals surface area contributed by atoms with Gasteiger partial charge in [0.25, 0.3) is 0 Å². The van der Waals surface area contributed by atoms with Gasteiger partial charge in [0, 0.05) is 25.3 Å². The number of amides is 1. The van der Waals surface area contributed by atoms with Crippen LogP contribution in [-0.4, -0.2) is 57.8 Å². The molecular weight excluding hydrogens is 358 g/mol. The lowest BCUT2D eigenvalue weighted by Gasteiger charge is -2.19. The molecule has 162 valence electrons. The van der Waals surface area contributed by atoms with Crippen LogP contribution in [0.25, 0.3) is 0 Å². The van der Waals surface area contributed by atoms with Crippen LogP contribution in [-0.2, 0) is 4.79 Å². The molecule has 0 bridgehead atoms.